The van der Waals surface area contributed by atoms with Crippen molar-refractivity contribution in [1.82, 2.24) is 15.3 Å². The summed E-state index contributed by atoms with van der Waals surface area (Å²) in [6.45, 7) is 4.72. The zero-order chi connectivity index (χ0) is 13.9. The molecule has 0 spiro atoms. The monoisotopic (exact) mass is 335 g/mol. The van der Waals surface area contributed by atoms with Gasteiger partial charge in [-0.15, -0.1) is 0 Å². The van der Waals surface area contributed by atoms with Gasteiger partial charge in [-0.1, -0.05) is 22.0 Å². The van der Waals surface area contributed by atoms with Gasteiger partial charge in [0.05, 0.1) is 24.6 Å². The molecule has 5 heteroatoms. The molecule has 3 rings (SSSR count). The first-order chi connectivity index (χ1) is 9.72. The van der Waals surface area contributed by atoms with Gasteiger partial charge in [-0.3, -0.25) is 0 Å². The Balaban J connectivity index is 1.77. The van der Waals surface area contributed by atoms with E-state index in [0.29, 0.717) is 0 Å². The molecule has 1 saturated heterocycles. The van der Waals surface area contributed by atoms with Gasteiger partial charge in [0, 0.05) is 29.5 Å². The highest BCUT2D eigenvalue weighted by Gasteiger charge is 2.16. The summed E-state index contributed by atoms with van der Waals surface area (Å²) in [4.78, 5) is 7.88. The van der Waals surface area contributed by atoms with Crippen molar-refractivity contribution < 1.29 is 4.74 Å². The molecule has 1 aromatic carbocycles. The Hall–Kier alpha value is -1.17. The Morgan fingerprint density at radius 3 is 3.15 bits per heavy atom. The molecule has 2 heterocycles. The lowest BCUT2D eigenvalue weighted by Crippen LogP contribution is -2.39. The minimum absolute atomic E-state index is 0.214. The number of hydrogen-bond donors (Lipinski definition) is 2. The lowest BCUT2D eigenvalue weighted by Gasteiger charge is -2.22. The maximum atomic E-state index is 5.71. The fraction of sp³-hybridized carbons (Fsp3) is 0.400. The molecule has 1 atom stereocenters. The smallest absolute Gasteiger partial charge is 0.109 e. The van der Waals surface area contributed by atoms with Crippen LogP contribution in [0.15, 0.2) is 28.9 Å². The minimum atomic E-state index is 0.214. The second kappa shape index (κ2) is 6.08. The summed E-state index contributed by atoms with van der Waals surface area (Å²) in [5.41, 5.74) is 3.47. The molecule has 1 unspecified atom stereocenters. The van der Waals surface area contributed by atoms with E-state index < -0.39 is 0 Å². The quantitative estimate of drug-likeness (QED) is 0.906. The van der Waals surface area contributed by atoms with Crippen molar-refractivity contribution in [2.45, 2.75) is 19.4 Å². The molecule has 0 radical (unpaired) electrons. The number of hydrogen-bond acceptors (Lipinski definition) is 3. The predicted molar refractivity (Wildman–Crippen MR) is 82.8 cm³/mol. The third-order valence-corrected chi connectivity index (χ3v) is 4.04. The molecule has 106 valence electrons. The standard InChI is InChI=1S/C15H18BrN3O/c1-10-2-3-11(16)6-13(10)14-9-18-15(19-14)7-12-8-17-4-5-20-12/h2-3,6,9,12,17H,4-5,7-8H2,1H3,(H,18,19). The molecule has 1 aromatic heterocycles. The SMILES string of the molecule is Cc1ccc(Br)cc1-c1cnc(CC2CNCCO2)[nH]1. The Morgan fingerprint density at radius 2 is 2.35 bits per heavy atom. The summed E-state index contributed by atoms with van der Waals surface area (Å²) >= 11 is 3.52. The van der Waals surface area contributed by atoms with Crippen LogP contribution in [0, 0.1) is 6.92 Å². The van der Waals surface area contributed by atoms with E-state index in [1.165, 1.54) is 11.1 Å². The van der Waals surface area contributed by atoms with E-state index in [0.717, 1.165) is 42.1 Å². The molecular weight excluding hydrogens is 318 g/mol. The third kappa shape index (κ3) is 3.11. The minimum Gasteiger partial charge on any atom is -0.375 e. The maximum absolute atomic E-state index is 5.71. The van der Waals surface area contributed by atoms with Gasteiger partial charge in [-0.05, 0) is 24.6 Å². The van der Waals surface area contributed by atoms with Crippen molar-refractivity contribution in [3.63, 3.8) is 0 Å². The fourth-order valence-corrected chi connectivity index (χ4v) is 2.82. The fourth-order valence-electron chi connectivity index (χ4n) is 2.45. The summed E-state index contributed by atoms with van der Waals surface area (Å²) < 4.78 is 6.79. The number of morpholine rings is 1. The zero-order valence-corrected chi connectivity index (χ0v) is 13.0. The number of aromatic amines is 1. The van der Waals surface area contributed by atoms with E-state index in [9.17, 15) is 0 Å². The number of aromatic nitrogens is 2. The van der Waals surface area contributed by atoms with Crippen LogP contribution in [-0.2, 0) is 11.2 Å². The summed E-state index contributed by atoms with van der Waals surface area (Å²) in [6.07, 6.45) is 2.94. The molecule has 20 heavy (non-hydrogen) atoms. The van der Waals surface area contributed by atoms with Gasteiger partial charge in [0.1, 0.15) is 5.82 Å². The van der Waals surface area contributed by atoms with Gasteiger partial charge in [-0.25, -0.2) is 4.98 Å². The van der Waals surface area contributed by atoms with E-state index in [4.69, 9.17) is 4.74 Å². The summed E-state index contributed by atoms with van der Waals surface area (Å²) in [5.74, 6) is 0.980. The molecule has 1 aliphatic heterocycles. The Bertz CT molecular complexity index is 591. The molecule has 2 aromatic rings. The van der Waals surface area contributed by atoms with Crippen LogP contribution in [0.3, 0.4) is 0 Å². The van der Waals surface area contributed by atoms with Crippen molar-refractivity contribution in [2.75, 3.05) is 19.7 Å². The van der Waals surface area contributed by atoms with Crippen LogP contribution >= 0.6 is 15.9 Å². The third-order valence-electron chi connectivity index (χ3n) is 3.54. The van der Waals surface area contributed by atoms with E-state index in [-0.39, 0.29) is 6.10 Å². The molecule has 0 aliphatic carbocycles. The first-order valence-corrected chi connectivity index (χ1v) is 7.64. The summed E-state index contributed by atoms with van der Waals surface area (Å²) in [7, 11) is 0. The van der Waals surface area contributed by atoms with E-state index >= 15 is 0 Å². The molecule has 0 amide bonds. The first-order valence-electron chi connectivity index (χ1n) is 6.85. The number of H-pyrrole nitrogens is 1. The van der Waals surface area contributed by atoms with Gasteiger partial charge in [0.15, 0.2) is 0 Å². The van der Waals surface area contributed by atoms with Crippen molar-refractivity contribution in [2.24, 2.45) is 0 Å². The van der Waals surface area contributed by atoms with Crippen LogP contribution in [0.2, 0.25) is 0 Å². The number of aryl methyl sites for hydroxylation is 1. The van der Waals surface area contributed by atoms with E-state index in [2.05, 4.69) is 56.3 Å². The largest absolute Gasteiger partial charge is 0.375 e. The predicted octanol–water partition coefficient (Wildman–Crippen LogP) is 2.68. The number of ether oxygens (including phenoxy) is 1. The second-order valence-corrected chi connectivity index (χ2v) is 6.02. The molecule has 0 saturated carbocycles. The molecular formula is C15H18BrN3O. The number of nitrogens with zero attached hydrogens (tertiary/aromatic N) is 1. The molecule has 2 N–H and O–H groups in total. The van der Waals surface area contributed by atoms with Crippen molar-refractivity contribution in [1.29, 1.82) is 0 Å². The van der Waals surface area contributed by atoms with Crippen LogP contribution in [0.25, 0.3) is 11.3 Å². The van der Waals surface area contributed by atoms with Crippen LogP contribution in [0.4, 0.5) is 0 Å². The number of imidazole rings is 1. The topological polar surface area (TPSA) is 49.9 Å². The number of nitrogens with one attached hydrogen (secondary N) is 2. The lowest BCUT2D eigenvalue weighted by atomic mass is 10.1. The van der Waals surface area contributed by atoms with Crippen LogP contribution in [0.1, 0.15) is 11.4 Å². The highest BCUT2D eigenvalue weighted by molar-refractivity contribution is 9.10. The lowest BCUT2D eigenvalue weighted by molar-refractivity contribution is 0.0281. The van der Waals surface area contributed by atoms with Crippen LogP contribution < -0.4 is 5.32 Å². The van der Waals surface area contributed by atoms with Gasteiger partial charge < -0.3 is 15.0 Å². The molecule has 0 bridgehead atoms. The number of benzene rings is 1. The molecule has 4 nitrogen and oxygen atoms in total. The van der Waals surface area contributed by atoms with Crippen molar-refractivity contribution in [3.8, 4) is 11.3 Å². The normalized spacial score (nSPS) is 19.2. The van der Waals surface area contributed by atoms with Gasteiger partial charge in [0.25, 0.3) is 0 Å². The second-order valence-electron chi connectivity index (χ2n) is 5.10. The van der Waals surface area contributed by atoms with Crippen molar-refractivity contribution >= 4 is 15.9 Å². The van der Waals surface area contributed by atoms with Gasteiger partial charge in [0.2, 0.25) is 0 Å². The van der Waals surface area contributed by atoms with Gasteiger partial charge in [-0.2, -0.15) is 0 Å². The first kappa shape index (κ1) is 13.8. The summed E-state index contributed by atoms with van der Waals surface area (Å²) in [5, 5.41) is 3.34. The average Bonchev–Trinajstić information content (AvgIpc) is 2.91. The van der Waals surface area contributed by atoms with E-state index in [1.807, 2.05) is 6.20 Å². The van der Waals surface area contributed by atoms with E-state index in [1.54, 1.807) is 0 Å². The highest BCUT2D eigenvalue weighted by atomic mass is 79.9. The average molecular weight is 336 g/mol. The maximum Gasteiger partial charge on any atom is 0.109 e. The number of halogens is 1. The molecule has 1 aliphatic rings. The van der Waals surface area contributed by atoms with Crippen LogP contribution in [0.5, 0.6) is 0 Å². The Kier molecular flexibility index (Phi) is 4.19. The van der Waals surface area contributed by atoms with Crippen molar-refractivity contribution in [3.05, 3.63) is 40.3 Å². The van der Waals surface area contributed by atoms with Gasteiger partial charge >= 0.3 is 0 Å². The van der Waals surface area contributed by atoms with Crippen LogP contribution in [-0.4, -0.2) is 35.8 Å². The highest BCUT2D eigenvalue weighted by Crippen LogP contribution is 2.25. The zero-order valence-electron chi connectivity index (χ0n) is 11.4. The molecule has 1 fully saturated rings. The Morgan fingerprint density at radius 1 is 1.45 bits per heavy atom. The number of rotatable bonds is 3. The Labute approximate surface area is 127 Å². The summed E-state index contributed by atoms with van der Waals surface area (Å²) in [6, 6.07) is 6.27.